The molecule has 1 amide bonds. The van der Waals surface area contributed by atoms with Crippen LogP contribution in [0.2, 0.25) is 0 Å². The Balaban J connectivity index is 4.23. The maximum Gasteiger partial charge on any atom is 0.407 e. The van der Waals surface area contributed by atoms with E-state index in [1.165, 1.54) is 193 Å². The fourth-order valence-corrected chi connectivity index (χ4v) is 7.06. The molecule has 0 aromatic carbocycles. The Morgan fingerprint density at radius 2 is 0.786 bits per heavy atom. The fraction of sp³-hybridized carbons (Fsp3) is 0.900. The third kappa shape index (κ3) is 43.7. The van der Waals surface area contributed by atoms with Gasteiger partial charge in [0.25, 0.3) is 0 Å². The smallest absolute Gasteiger partial charge is 0.407 e. The largest absolute Gasteiger partial charge is 0.441 e. The lowest BCUT2D eigenvalue weighted by Gasteiger charge is -2.23. The molecule has 0 aromatic rings. The molecule has 0 aliphatic carbocycles. The van der Waals surface area contributed by atoms with Gasteiger partial charge in [-0.1, -0.05) is 180 Å². The summed E-state index contributed by atoms with van der Waals surface area (Å²) in [5, 5.41) is 2.99. The lowest BCUT2D eigenvalue weighted by molar-refractivity contribution is -0.0293. The van der Waals surface area contributed by atoms with Crippen molar-refractivity contribution in [2.75, 3.05) is 52.6 Å². The molecule has 0 saturated heterocycles. The molecular formula is C50H98N2O4. The Kier molecular flexibility index (Phi) is 46.8. The molecule has 332 valence electrons. The van der Waals surface area contributed by atoms with Gasteiger partial charge in [0.1, 0.15) is 0 Å². The maximum absolute atomic E-state index is 12.8. The Morgan fingerprint density at radius 3 is 1.16 bits per heavy atom. The van der Waals surface area contributed by atoms with Crippen molar-refractivity contribution in [3.8, 4) is 0 Å². The second-order valence-corrected chi connectivity index (χ2v) is 16.5. The molecule has 0 unspecified atom stereocenters. The van der Waals surface area contributed by atoms with Crippen LogP contribution in [0.3, 0.4) is 0 Å². The number of amides is 1. The van der Waals surface area contributed by atoms with Crippen molar-refractivity contribution >= 4 is 6.09 Å². The fourth-order valence-electron chi connectivity index (χ4n) is 7.06. The molecule has 0 atom stereocenters. The van der Waals surface area contributed by atoms with Crippen LogP contribution >= 0.6 is 0 Å². The Bertz CT molecular complexity index is 765. The first kappa shape index (κ1) is 54.6. The van der Waals surface area contributed by atoms with Gasteiger partial charge in [0.2, 0.25) is 0 Å². The predicted octanol–water partition coefficient (Wildman–Crippen LogP) is 15.1. The van der Waals surface area contributed by atoms with Crippen molar-refractivity contribution in [1.29, 1.82) is 0 Å². The summed E-state index contributed by atoms with van der Waals surface area (Å²) in [5.41, 5.74) is 0. The van der Waals surface area contributed by atoms with E-state index in [-0.39, 0.29) is 12.2 Å². The van der Waals surface area contributed by atoms with Crippen LogP contribution < -0.4 is 5.32 Å². The molecular weight excluding hydrogens is 693 g/mol. The van der Waals surface area contributed by atoms with Gasteiger partial charge in [-0.2, -0.15) is 0 Å². The van der Waals surface area contributed by atoms with Crippen LogP contribution in [0.25, 0.3) is 0 Å². The highest BCUT2D eigenvalue weighted by Crippen LogP contribution is 2.12. The number of hydrogen-bond acceptors (Lipinski definition) is 5. The summed E-state index contributed by atoms with van der Waals surface area (Å²) in [7, 11) is 0. The van der Waals surface area contributed by atoms with Crippen LogP contribution in [0.1, 0.15) is 233 Å². The first-order valence-corrected chi connectivity index (χ1v) is 24.8. The summed E-state index contributed by atoms with van der Waals surface area (Å²) >= 11 is 0. The predicted molar refractivity (Wildman–Crippen MR) is 245 cm³/mol. The van der Waals surface area contributed by atoms with Crippen LogP contribution in [-0.4, -0.2) is 69.7 Å². The molecule has 0 radical (unpaired) electrons. The van der Waals surface area contributed by atoms with Crippen molar-refractivity contribution in [3.05, 3.63) is 24.3 Å². The summed E-state index contributed by atoms with van der Waals surface area (Å²) in [6, 6.07) is 0. The SMILES string of the molecule is CCCCCCCC/C=C\CCCCCCCCOCC(COCCCCCCCC/C=C\CCCCCCCC)OC(=O)NCCN(CCCC)CCCC. The summed E-state index contributed by atoms with van der Waals surface area (Å²) in [6.45, 7) is 14.9. The number of unbranched alkanes of at least 4 members (excludes halogenated alkanes) is 26. The van der Waals surface area contributed by atoms with Gasteiger partial charge in [0.15, 0.2) is 6.10 Å². The summed E-state index contributed by atoms with van der Waals surface area (Å²) in [5.74, 6) is 0. The molecule has 0 spiro atoms. The third-order valence-corrected chi connectivity index (χ3v) is 10.8. The van der Waals surface area contributed by atoms with Crippen molar-refractivity contribution in [3.63, 3.8) is 0 Å². The monoisotopic (exact) mass is 791 g/mol. The first-order valence-electron chi connectivity index (χ1n) is 24.8. The normalized spacial score (nSPS) is 12.0. The molecule has 6 nitrogen and oxygen atoms in total. The maximum atomic E-state index is 12.8. The highest BCUT2D eigenvalue weighted by atomic mass is 16.6. The van der Waals surface area contributed by atoms with Crippen molar-refractivity contribution in [2.45, 2.75) is 239 Å². The van der Waals surface area contributed by atoms with Gasteiger partial charge in [-0.15, -0.1) is 0 Å². The summed E-state index contributed by atoms with van der Waals surface area (Å²) in [6.07, 6.45) is 50.0. The van der Waals surface area contributed by atoms with E-state index in [0.29, 0.717) is 33.0 Å². The van der Waals surface area contributed by atoms with Crippen LogP contribution in [0, 0.1) is 0 Å². The van der Waals surface area contributed by atoms with E-state index in [4.69, 9.17) is 14.2 Å². The number of nitrogens with one attached hydrogen (secondary N) is 1. The molecule has 0 fully saturated rings. The molecule has 0 heterocycles. The highest BCUT2D eigenvalue weighted by molar-refractivity contribution is 5.67. The highest BCUT2D eigenvalue weighted by Gasteiger charge is 2.16. The molecule has 0 aliphatic rings. The number of nitrogens with zero attached hydrogens (tertiary/aromatic N) is 1. The molecule has 0 saturated carbocycles. The van der Waals surface area contributed by atoms with E-state index in [9.17, 15) is 4.79 Å². The number of rotatable bonds is 46. The number of carbonyl (C=O) groups excluding carboxylic acids is 1. The zero-order valence-electron chi connectivity index (χ0n) is 38.3. The minimum atomic E-state index is -0.380. The van der Waals surface area contributed by atoms with Crippen LogP contribution in [-0.2, 0) is 14.2 Å². The average Bonchev–Trinajstić information content (AvgIpc) is 3.20. The zero-order valence-corrected chi connectivity index (χ0v) is 38.3. The molecule has 0 bridgehead atoms. The van der Waals surface area contributed by atoms with Gasteiger partial charge in [0.05, 0.1) is 13.2 Å². The molecule has 0 aromatic heterocycles. The van der Waals surface area contributed by atoms with Crippen LogP contribution in [0.15, 0.2) is 24.3 Å². The Morgan fingerprint density at radius 1 is 0.446 bits per heavy atom. The van der Waals surface area contributed by atoms with Gasteiger partial charge in [-0.05, 0) is 90.1 Å². The minimum Gasteiger partial charge on any atom is -0.441 e. The van der Waals surface area contributed by atoms with Crippen LogP contribution in [0.5, 0.6) is 0 Å². The summed E-state index contributed by atoms with van der Waals surface area (Å²) in [4.78, 5) is 15.2. The average molecular weight is 791 g/mol. The van der Waals surface area contributed by atoms with E-state index >= 15 is 0 Å². The molecule has 56 heavy (non-hydrogen) atoms. The quantitative estimate of drug-likeness (QED) is 0.0491. The lowest BCUT2D eigenvalue weighted by Crippen LogP contribution is -2.39. The van der Waals surface area contributed by atoms with Gasteiger partial charge in [-0.3, -0.25) is 0 Å². The van der Waals surface area contributed by atoms with E-state index in [2.05, 4.69) is 62.2 Å². The molecule has 0 rings (SSSR count). The number of alkyl carbamates (subject to hydrolysis) is 1. The minimum absolute atomic E-state index is 0.359. The number of allylic oxidation sites excluding steroid dienone is 4. The van der Waals surface area contributed by atoms with Gasteiger partial charge >= 0.3 is 6.09 Å². The summed E-state index contributed by atoms with van der Waals surface area (Å²) < 4.78 is 17.9. The molecule has 0 aliphatic heterocycles. The van der Waals surface area contributed by atoms with Gasteiger partial charge in [-0.25, -0.2) is 4.79 Å². The first-order chi connectivity index (χ1) is 27.7. The van der Waals surface area contributed by atoms with E-state index < -0.39 is 0 Å². The number of hydrogen-bond donors (Lipinski definition) is 1. The Hall–Kier alpha value is -1.37. The van der Waals surface area contributed by atoms with Crippen molar-refractivity contribution in [2.24, 2.45) is 0 Å². The van der Waals surface area contributed by atoms with E-state index in [1.807, 2.05) is 0 Å². The van der Waals surface area contributed by atoms with Gasteiger partial charge in [0, 0.05) is 26.3 Å². The second kappa shape index (κ2) is 48.0. The van der Waals surface area contributed by atoms with Crippen molar-refractivity contribution in [1.82, 2.24) is 10.2 Å². The third-order valence-electron chi connectivity index (χ3n) is 10.8. The van der Waals surface area contributed by atoms with Crippen molar-refractivity contribution < 1.29 is 19.0 Å². The second-order valence-electron chi connectivity index (χ2n) is 16.5. The van der Waals surface area contributed by atoms with Crippen LogP contribution in [0.4, 0.5) is 4.79 Å². The Labute approximate surface area is 350 Å². The van der Waals surface area contributed by atoms with E-state index in [0.717, 1.165) is 32.5 Å². The lowest BCUT2D eigenvalue weighted by atomic mass is 10.1. The van der Waals surface area contributed by atoms with Gasteiger partial charge < -0.3 is 24.4 Å². The topological polar surface area (TPSA) is 60.0 Å². The standard InChI is InChI=1S/C50H98N2O4/c1-5-9-13-15-17-19-21-23-25-27-29-31-33-35-37-39-45-54-47-49(56-50(53)51-41-44-52(42-11-7-3)43-12-8-4)48-55-46-40-38-36-34-32-30-28-26-24-22-20-18-16-14-10-6-2/h23-26,49H,5-22,27-48H2,1-4H3,(H,51,53)/b25-23-,26-24-. The number of carbonyl (C=O) groups is 1. The molecule has 1 N–H and O–H groups in total. The zero-order chi connectivity index (χ0) is 40.7. The van der Waals surface area contributed by atoms with E-state index in [1.54, 1.807) is 0 Å². The molecule has 6 heteroatoms. The number of ether oxygens (including phenoxy) is 3.